The van der Waals surface area contributed by atoms with E-state index in [1.165, 1.54) is 4.31 Å². The topological polar surface area (TPSA) is 71.3 Å². The van der Waals surface area contributed by atoms with Crippen LogP contribution in [0.2, 0.25) is 0 Å². The summed E-state index contributed by atoms with van der Waals surface area (Å²) in [6.45, 7) is 3.63. The van der Waals surface area contributed by atoms with Crippen LogP contribution < -0.4 is 13.9 Å². The van der Waals surface area contributed by atoms with Crippen molar-refractivity contribution in [2.24, 2.45) is 0 Å². The Bertz CT molecular complexity index is 1340. The van der Waals surface area contributed by atoms with Crippen molar-refractivity contribution in [3.8, 4) is 5.75 Å². The fourth-order valence-corrected chi connectivity index (χ4v) is 6.00. The lowest BCUT2D eigenvalue weighted by Crippen LogP contribution is -3.10. The van der Waals surface area contributed by atoms with E-state index >= 15 is 0 Å². The minimum atomic E-state index is -3.92. The quantitative estimate of drug-likeness (QED) is 0.291. The molecule has 0 aliphatic carbocycles. The molecule has 0 saturated heterocycles. The first-order valence-corrected chi connectivity index (χ1v) is 14.1. The Morgan fingerprint density at radius 1 is 0.789 bits per heavy atom. The van der Waals surface area contributed by atoms with E-state index < -0.39 is 16.1 Å². The lowest BCUT2D eigenvalue weighted by molar-refractivity contribution is -0.930. The molecule has 0 heterocycles. The van der Waals surface area contributed by atoms with E-state index in [0.29, 0.717) is 31.1 Å². The molecule has 1 atom stereocenters. The molecule has 0 amide bonds. The van der Waals surface area contributed by atoms with Gasteiger partial charge in [-0.25, -0.2) is 8.42 Å². The van der Waals surface area contributed by atoms with Gasteiger partial charge in [0.25, 0.3) is 10.0 Å². The Labute approximate surface area is 225 Å². The molecule has 0 unspecified atom stereocenters. The van der Waals surface area contributed by atoms with Gasteiger partial charge in [-0.05, 0) is 43.3 Å². The van der Waals surface area contributed by atoms with Crippen LogP contribution >= 0.6 is 0 Å². The van der Waals surface area contributed by atoms with E-state index in [2.05, 4.69) is 24.3 Å². The van der Waals surface area contributed by atoms with Crippen molar-refractivity contribution in [3.05, 3.63) is 126 Å². The van der Waals surface area contributed by atoms with E-state index in [0.717, 1.165) is 21.6 Å². The summed E-state index contributed by atoms with van der Waals surface area (Å²) >= 11 is 0. The van der Waals surface area contributed by atoms with Gasteiger partial charge < -0.3 is 14.7 Å². The highest BCUT2D eigenvalue weighted by Gasteiger charge is 2.29. The number of benzene rings is 4. The molecule has 0 aliphatic rings. The van der Waals surface area contributed by atoms with Gasteiger partial charge in [0.05, 0.1) is 24.2 Å². The highest BCUT2D eigenvalue weighted by molar-refractivity contribution is 7.92. The third kappa shape index (κ3) is 7.22. The van der Waals surface area contributed by atoms with Crippen LogP contribution in [-0.2, 0) is 23.1 Å². The SMILES string of the molecule is COc1ccc(N(C[C@@H](O)C[NH+](Cc2ccccc2)Cc2ccccc2)S(=O)(=O)c2ccc(C)cc2)cc1. The third-order valence-electron chi connectivity index (χ3n) is 6.46. The first-order chi connectivity index (χ1) is 18.3. The number of ether oxygens (including phenoxy) is 1. The summed E-state index contributed by atoms with van der Waals surface area (Å²) in [5.41, 5.74) is 3.76. The predicted octanol–water partition coefficient (Wildman–Crippen LogP) is 3.85. The zero-order valence-electron chi connectivity index (χ0n) is 21.8. The molecule has 4 aromatic rings. The average Bonchev–Trinajstić information content (AvgIpc) is 2.93. The molecule has 198 valence electrons. The molecule has 38 heavy (non-hydrogen) atoms. The second kappa shape index (κ2) is 12.7. The summed E-state index contributed by atoms with van der Waals surface area (Å²) in [6.07, 6.45) is -0.903. The number of nitrogens with one attached hydrogen (secondary N) is 1. The van der Waals surface area contributed by atoms with E-state index in [4.69, 9.17) is 4.74 Å². The molecular formula is C31H35N2O4S+. The number of hydrogen-bond donors (Lipinski definition) is 2. The van der Waals surface area contributed by atoms with Gasteiger partial charge in [0, 0.05) is 11.1 Å². The van der Waals surface area contributed by atoms with Crippen molar-refractivity contribution < 1.29 is 23.2 Å². The van der Waals surface area contributed by atoms with Crippen molar-refractivity contribution in [2.75, 3.05) is 24.5 Å². The molecule has 0 aliphatic heterocycles. The fourth-order valence-electron chi connectivity index (χ4n) is 4.49. The van der Waals surface area contributed by atoms with Crippen molar-refractivity contribution in [1.82, 2.24) is 0 Å². The second-order valence-electron chi connectivity index (χ2n) is 9.48. The number of anilines is 1. The molecule has 4 aromatic carbocycles. The van der Waals surface area contributed by atoms with Gasteiger partial charge in [-0.3, -0.25) is 4.31 Å². The number of hydrogen-bond acceptors (Lipinski definition) is 4. The normalized spacial score (nSPS) is 12.3. The highest BCUT2D eigenvalue weighted by Crippen LogP contribution is 2.26. The number of quaternary nitrogens is 1. The minimum absolute atomic E-state index is 0.0738. The largest absolute Gasteiger partial charge is 0.497 e. The summed E-state index contributed by atoms with van der Waals surface area (Å²) in [4.78, 5) is 1.32. The Kier molecular flexibility index (Phi) is 9.18. The predicted molar refractivity (Wildman–Crippen MR) is 151 cm³/mol. The van der Waals surface area contributed by atoms with Gasteiger partial charge >= 0.3 is 0 Å². The molecule has 0 radical (unpaired) electrons. The van der Waals surface area contributed by atoms with Crippen LogP contribution in [0.25, 0.3) is 0 Å². The zero-order valence-corrected chi connectivity index (χ0v) is 22.6. The van der Waals surface area contributed by atoms with Crippen LogP contribution in [0.15, 0.2) is 114 Å². The maximum absolute atomic E-state index is 13.8. The van der Waals surface area contributed by atoms with Crippen LogP contribution in [0.5, 0.6) is 5.75 Å². The van der Waals surface area contributed by atoms with Gasteiger partial charge in [0.1, 0.15) is 31.5 Å². The van der Waals surface area contributed by atoms with Crippen molar-refractivity contribution in [2.45, 2.75) is 31.0 Å². The van der Waals surface area contributed by atoms with Crippen LogP contribution in [0.3, 0.4) is 0 Å². The Hall–Kier alpha value is -3.65. The molecule has 2 N–H and O–H groups in total. The Balaban J connectivity index is 1.60. The number of nitrogens with zero attached hydrogens (tertiary/aromatic N) is 1. The summed E-state index contributed by atoms with van der Waals surface area (Å²) in [7, 11) is -2.35. The Morgan fingerprint density at radius 3 is 1.82 bits per heavy atom. The summed E-state index contributed by atoms with van der Waals surface area (Å²) in [5, 5.41) is 11.3. The minimum Gasteiger partial charge on any atom is -0.497 e. The number of aliphatic hydroxyl groups excluding tert-OH is 1. The second-order valence-corrected chi connectivity index (χ2v) is 11.3. The number of aliphatic hydroxyl groups is 1. The molecule has 6 nitrogen and oxygen atoms in total. The van der Waals surface area contributed by atoms with Crippen LogP contribution in [0.1, 0.15) is 16.7 Å². The van der Waals surface area contributed by atoms with Gasteiger partial charge in [0.2, 0.25) is 0 Å². The number of rotatable bonds is 12. The first kappa shape index (κ1) is 27.4. The van der Waals surface area contributed by atoms with E-state index in [-0.39, 0.29) is 11.4 Å². The summed E-state index contributed by atoms with van der Waals surface area (Å²) in [5.74, 6) is 0.628. The molecule has 0 fully saturated rings. The highest BCUT2D eigenvalue weighted by atomic mass is 32.2. The van der Waals surface area contributed by atoms with Gasteiger partial charge in [-0.15, -0.1) is 0 Å². The monoisotopic (exact) mass is 531 g/mol. The fraction of sp³-hybridized carbons (Fsp3) is 0.226. The van der Waals surface area contributed by atoms with Crippen molar-refractivity contribution >= 4 is 15.7 Å². The first-order valence-electron chi connectivity index (χ1n) is 12.7. The van der Waals surface area contributed by atoms with Crippen LogP contribution in [-0.4, -0.2) is 39.8 Å². The average molecular weight is 532 g/mol. The molecule has 7 heteroatoms. The smallest absolute Gasteiger partial charge is 0.264 e. The Morgan fingerprint density at radius 2 is 1.32 bits per heavy atom. The van der Waals surface area contributed by atoms with E-state index in [1.807, 2.05) is 43.3 Å². The van der Waals surface area contributed by atoms with Crippen molar-refractivity contribution in [3.63, 3.8) is 0 Å². The van der Waals surface area contributed by atoms with Crippen molar-refractivity contribution in [1.29, 1.82) is 0 Å². The summed E-state index contributed by atoms with van der Waals surface area (Å²) in [6, 6.07) is 33.9. The molecule has 0 bridgehead atoms. The standard InChI is InChI=1S/C31H34N2O4S/c1-25-13-19-31(20-14-25)38(35,36)33(28-15-17-30(37-2)18-16-28)24-29(34)23-32(21-26-9-5-3-6-10-26)22-27-11-7-4-8-12-27/h3-20,29,34H,21-24H2,1-2H3/p+1/t29-/m0/s1. The van der Waals surface area contributed by atoms with Gasteiger partial charge in [0.15, 0.2) is 0 Å². The number of aryl methyl sites for hydroxylation is 1. The molecule has 0 saturated carbocycles. The lowest BCUT2D eigenvalue weighted by Gasteiger charge is -2.29. The molecule has 0 aromatic heterocycles. The lowest BCUT2D eigenvalue weighted by atomic mass is 10.1. The third-order valence-corrected chi connectivity index (χ3v) is 8.27. The number of methoxy groups -OCH3 is 1. The van der Waals surface area contributed by atoms with E-state index in [1.54, 1.807) is 55.6 Å². The molecule has 0 spiro atoms. The van der Waals surface area contributed by atoms with Gasteiger partial charge in [-0.2, -0.15) is 0 Å². The molecule has 4 rings (SSSR count). The maximum Gasteiger partial charge on any atom is 0.264 e. The van der Waals surface area contributed by atoms with Gasteiger partial charge in [-0.1, -0.05) is 78.4 Å². The van der Waals surface area contributed by atoms with Crippen LogP contribution in [0, 0.1) is 6.92 Å². The van der Waals surface area contributed by atoms with E-state index in [9.17, 15) is 13.5 Å². The zero-order chi connectivity index (χ0) is 27.0. The number of sulfonamides is 1. The molecular weight excluding hydrogens is 496 g/mol. The van der Waals surface area contributed by atoms with Crippen LogP contribution in [0.4, 0.5) is 5.69 Å². The summed E-state index contributed by atoms with van der Waals surface area (Å²) < 4.78 is 34.1. The maximum atomic E-state index is 13.8.